The van der Waals surface area contributed by atoms with E-state index in [-0.39, 0.29) is 29.2 Å². The van der Waals surface area contributed by atoms with Gasteiger partial charge in [-0.25, -0.2) is 19.7 Å². The quantitative estimate of drug-likeness (QED) is 0.271. The number of rotatable bonds is 9. The molecule has 0 aliphatic rings. The molecule has 0 aliphatic heterocycles. The zero-order chi connectivity index (χ0) is 26.6. The summed E-state index contributed by atoms with van der Waals surface area (Å²) in [7, 11) is 0. The van der Waals surface area contributed by atoms with E-state index in [1.807, 2.05) is 6.07 Å². The van der Waals surface area contributed by atoms with Crippen LogP contribution in [0.25, 0.3) is 11.3 Å². The van der Waals surface area contributed by atoms with Gasteiger partial charge in [0.25, 0.3) is 11.5 Å². The van der Waals surface area contributed by atoms with Crippen molar-refractivity contribution >= 4 is 52.0 Å². The molecule has 0 radical (unpaired) electrons. The van der Waals surface area contributed by atoms with Gasteiger partial charge in [0.1, 0.15) is 23.5 Å². The molecule has 11 nitrogen and oxygen atoms in total. The number of anilines is 1. The van der Waals surface area contributed by atoms with E-state index in [1.165, 1.54) is 51.2 Å². The van der Waals surface area contributed by atoms with Gasteiger partial charge in [-0.1, -0.05) is 11.6 Å². The lowest BCUT2D eigenvalue weighted by Crippen LogP contribution is -2.27. The summed E-state index contributed by atoms with van der Waals surface area (Å²) >= 11 is 8.69. The van der Waals surface area contributed by atoms with E-state index in [4.69, 9.17) is 11.6 Å². The fourth-order valence-electron chi connectivity index (χ4n) is 3.78. The average Bonchev–Trinajstić information content (AvgIpc) is 3.68. The van der Waals surface area contributed by atoms with E-state index < -0.39 is 17.4 Å². The van der Waals surface area contributed by atoms with Gasteiger partial charge >= 0.3 is 5.97 Å². The van der Waals surface area contributed by atoms with Gasteiger partial charge in [-0.05, 0) is 30.2 Å². The van der Waals surface area contributed by atoms with Crippen LogP contribution in [-0.4, -0.2) is 46.3 Å². The minimum Gasteiger partial charge on any atom is -0.477 e. The van der Waals surface area contributed by atoms with Crippen LogP contribution in [0, 0.1) is 0 Å². The maximum atomic E-state index is 13.2. The molecule has 0 aliphatic carbocycles. The third kappa shape index (κ3) is 5.39. The van der Waals surface area contributed by atoms with Gasteiger partial charge < -0.3 is 15.0 Å². The van der Waals surface area contributed by atoms with Crippen LogP contribution in [0.15, 0.2) is 64.7 Å². The molecule has 0 atom stereocenters. The maximum absolute atomic E-state index is 13.2. The van der Waals surface area contributed by atoms with Gasteiger partial charge in [-0.15, -0.1) is 22.7 Å². The smallest absolute Gasteiger partial charge is 0.353 e. The summed E-state index contributed by atoms with van der Waals surface area (Å²) in [6, 6.07) is 7.89. The first kappa shape index (κ1) is 25.4. The Morgan fingerprint density at radius 3 is 2.63 bits per heavy atom. The SMILES string of the molecule is O=C(O)c1c(-c2cc(NCc3ccc(Cl)s3)n(C(=O)c3cscn3)n2)ccc(=O)n1CCc1cncnc1. The molecule has 0 aromatic carbocycles. The lowest BCUT2D eigenvalue weighted by Gasteiger charge is -2.13. The fraction of sp³-hybridized carbons (Fsp3) is 0.125. The van der Waals surface area contributed by atoms with E-state index >= 15 is 0 Å². The molecule has 0 saturated carbocycles. The third-order valence-corrected chi connectivity index (χ3v) is 7.34. The first-order valence-corrected chi connectivity index (χ1v) is 13.3. The Bertz CT molecular complexity index is 1660. The molecule has 5 aromatic rings. The molecule has 2 N–H and O–H groups in total. The normalized spacial score (nSPS) is 11.0. The summed E-state index contributed by atoms with van der Waals surface area (Å²) in [5, 5.41) is 19.3. The lowest BCUT2D eigenvalue weighted by molar-refractivity contribution is 0.0684. The van der Waals surface area contributed by atoms with E-state index in [0.717, 1.165) is 15.1 Å². The van der Waals surface area contributed by atoms with Gasteiger partial charge in [0.2, 0.25) is 0 Å². The third-order valence-electron chi connectivity index (χ3n) is 5.53. The average molecular weight is 568 g/mol. The number of halogens is 1. The van der Waals surface area contributed by atoms with Gasteiger partial charge in [0.05, 0.1) is 22.1 Å². The standard InChI is InChI=1S/C24H18ClN7O4S2/c25-19-3-1-15(38-19)10-28-20-7-17(30-32(20)23(34)18-11-37-13-29-18)16-2-4-21(33)31(22(16)24(35)36)6-5-14-8-26-12-27-9-14/h1-4,7-9,11-13,28H,5-6,10H2,(H,35,36). The Hall–Kier alpha value is -4.20. The Morgan fingerprint density at radius 1 is 1.13 bits per heavy atom. The number of hydrogen-bond acceptors (Lipinski definition) is 10. The number of thiazole rings is 1. The van der Waals surface area contributed by atoms with Crippen molar-refractivity contribution in [3.8, 4) is 11.3 Å². The second-order valence-electron chi connectivity index (χ2n) is 7.95. The number of nitrogens with one attached hydrogen (secondary N) is 1. The van der Waals surface area contributed by atoms with Gasteiger partial charge in [-0.2, -0.15) is 9.78 Å². The molecule has 5 aromatic heterocycles. The van der Waals surface area contributed by atoms with Crippen molar-refractivity contribution in [3.63, 3.8) is 0 Å². The molecule has 5 heterocycles. The maximum Gasteiger partial charge on any atom is 0.353 e. The predicted molar refractivity (Wildman–Crippen MR) is 143 cm³/mol. The van der Waals surface area contributed by atoms with E-state index in [9.17, 15) is 19.5 Å². The minimum absolute atomic E-state index is 0.0877. The molecule has 0 bridgehead atoms. The van der Waals surface area contributed by atoms with Crippen molar-refractivity contribution in [2.24, 2.45) is 0 Å². The Labute approximate surface area is 228 Å². The number of carboxylic acid groups (broad SMARTS) is 1. The Morgan fingerprint density at radius 2 is 1.95 bits per heavy atom. The highest BCUT2D eigenvalue weighted by atomic mass is 35.5. The number of hydrogen-bond donors (Lipinski definition) is 2. The fourth-order valence-corrected chi connectivity index (χ4v) is 5.34. The largest absolute Gasteiger partial charge is 0.477 e. The van der Waals surface area contributed by atoms with Crippen LogP contribution in [0.2, 0.25) is 4.34 Å². The van der Waals surface area contributed by atoms with Crippen LogP contribution in [0.3, 0.4) is 0 Å². The molecule has 14 heteroatoms. The number of nitrogens with zero attached hydrogens (tertiary/aromatic N) is 6. The summed E-state index contributed by atoms with van der Waals surface area (Å²) in [4.78, 5) is 51.2. The first-order chi connectivity index (χ1) is 18.4. The van der Waals surface area contributed by atoms with Crippen molar-refractivity contribution in [1.29, 1.82) is 0 Å². The van der Waals surface area contributed by atoms with Gasteiger partial charge in [0.15, 0.2) is 0 Å². The Kier molecular flexibility index (Phi) is 7.40. The number of aromatic nitrogens is 6. The first-order valence-electron chi connectivity index (χ1n) is 11.1. The predicted octanol–water partition coefficient (Wildman–Crippen LogP) is 3.91. The highest BCUT2D eigenvalue weighted by Gasteiger charge is 2.24. The summed E-state index contributed by atoms with van der Waals surface area (Å²) in [6.07, 6.45) is 4.94. The summed E-state index contributed by atoms with van der Waals surface area (Å²) in [5.41, 5.74) is 2.16. The number of carbonyl (C=O) groups is 2. The number of carbonyl (C=O) groups excluding carboxylic acids is 1. The van der Waals surface area contributed by atoms with Crippen molar-refractivity contribution in [2.45, 2.75) is 19.5 Å². The van der Waals surface area contributed by atoms with Crippen LogP contribution < -0.4 is 10.9 Å². The molecule has 5 rings (SSSR count). The highest BCUT2D eigenvalue weighted by Crippen LogP contribution is 2.27. The van der Waals surface area contributed by atoms with Crippen LogP contribution in [-0.2, 0) is 19.5 Å². The molecule has 38 heavy (non-hydrogen) atoms. The molecular weight excluding hydrogens is 550 g/mol. The second-order valence-corrected chi connectivity index (χ2v) is 10.5. The summed E-state index contributed by atoms with van der Waals surface area (Å²) in [6.45, 7) is 0.446. The number of aryl methyl sites for hydroxylation is 1. The van der Waals surface area contributed by atoms with Crippen molar-refractivity contribution in [3.05, 3.63) is 96.5 Å². The van der Waals surface area contributed by atoms with Crippen molar-refractivity contribution in [1.82, 2.24) is 29.3 Å². The topological polar surface area (TPSA) is 145 Å². The molecule has 0 saturated heterocycles. The molecular formula is C24H18ClN7O4S2. The van der Waals surface area contributed by atoms with Crippen LogP contribution in [0.4, 0.5) is 5.82 Å². The Balaban J connectivity index is 1.55. The molecule has 0 unspecified atom stereocenters. The molecule has 0 fully saturated rings. The van der Waals surface area contributed by atoms with E-state index in [2.05, 4.69) is 25.4 Å². The number of aromatic carboxylic acids is 1. The summed E-state index contributed by atoms with van der Waals surface area (Å²) in [5.74, 6) is -1.46. The van der Waals surface area contributed by atoms with Crippen molar-refractivity contribution in [2.75, 3.05) is 5.32 Å². The van der Waals surface area contributed by atoms with Crippen LogP contribution in [0.5, 0.6) is 0 Å². The number of carboxylic acids is 1. The molecule has 0 spiro atoms. The zero-order valence-electron chi connectivity index (χ0n) is 19.4. The van der Waals surface area contributed by atoms with E-state index in [0.29, 0.717) is 23.1 Å². The summed E-state index contributed by atoms with van der Waals surface area (Å²) < 4.78 is 2.94. The van der Waals surface area contributed by atoms with E-state index in [1.54, 1.807) is 29.9 Å². The zero-order valence-corrected chi connectivity index (χ0v) is 21.8. The number of pyridine rings is 1. The highest BCUT2D eigenvalue weighted by molar-refractivity contribution is 7.16. The van der Waals surface area contributed by atoms with Gasteiger partial charge in [0, 0.05) is 46.9 Å². The lowest BCUT2D eigenvalue weighted by atomic mass is 10.1. The van der Waals surface area contributed by atoms with Gasteiger partial charge in [-0.3, -0.25) is 9.59 Å². The molecule has 192 valence electrons. The van der Waals surface area contributed by atoms with Crippen LogP contribution >= 0.6 is 34.3 Å². The minimum atomic E-state index is -1.30. The van der Waals surface area contributed by atoms with Crippen LogP contribution in [0.1, 0.15) is 31.4 Å². The second kappa shape index (κ2) is 11.0. The number of thiophene rings is 1. The van der Waals surface area contributed by atoms with Crippen molar-refractivity contribution < 1.29 is 14.7 Å². The molecule has 0 amide bonds. The monoisotopic (exact) mass is 567 g/mol.